The summed E-state index contributed by atoms with van der Waals surface area (Å²) in [6, 6.07) is 13.1. The minimum absolute atomic E-state index is 0.0368. The quantitative estimate of drug-likeness (QED) is 0.846. The Morgan fingerprint density at radius 3 is 2.64 bits per heavy atom. The number of hydrogen-bond acceptors (Lipinski definition) is 4. The fourth-order valence-corrected chi connectivity index (χ4v) is 2.33. The van der Waals surface area contributed by atoms with Gasteiger partial charge in [-0.1, -0.05) is 18.2 Å². The Hall–Kier alpha value is -2.56. The maximum Gasteiger partial charge on any atom is 0.227 e. The molecule has 0 N–H and O–H groups in total. The number of amides is 1. The van der Waals surface area contributed by atoms with Crippen molar-refractivity contribution >= 4 is 5.91 Å². The summed E-state index contributed by atoms with van der Waals surface area (Å²) < 4.78 is 10.8. The first-order valence-corrected chi connectivity index (χ1v) is 7.23. The van der Waals surface area contributed by atoms with Crippen molar-refractivity contribution in [2.45, 2.75) is 12.5 Å². The van der Waals surface area contributed by atoms with Gasteiger partial charge in [-0.3, -0.25) is 4.79 Å². The number of likely N-dealkylation sites (tertiary alicyclic amines) is 1. The van der Waals surface area contributed by atoms with E-state index >= 15 is 0 Å². The van der Waals surface area contributed by atoms with Gasteiger partial charge < -0.3 is 14.4 Å². The summed E-state index contributed by atoms with van der Waals surface area (Å²) in [6.07, 6.45) is 2.13. The number of benzene rings is 1. The number of methoxy groups -OCH3 is 1. The molecule has 0 unspecified atom stereocenters. The predicted molar refractivity (Wildman–Crippen MR) is 81.9 cm³/mol. The van der Waals surface area contributed by atoms with E-state index in [1.165, 1.54) is 0 Å². The van der Waals surface area contributed by atoms with Gasteiger partial charge in [-0.05, 0) is 23.8 Å². The Morgan fingerprint density at radius 1 is 1.23 bits per heavy atom. The van der Waals surface area contributed by atoms with Gasteiger partial charge in [0.25, 0.3) is 0 Å². The van der Waals surface area contributed by atoms with Crippen LogP contribution in [0.4, 0.5) is 0 Å². The number of hydrogen-bond donors (Lipinski definition) is 0. The first kappa shape index (κ1) is 14.4. The molecule has 0 radical (unpaired) electrons. The number of carbonyl (C=O) groups is 1. The molecule has 22 heavy (non-hydrogen) atoms. The Morgan fingerprint density at radius 2 is 2.00 bits per heavy atom. The summed E-state index contributed by atoms with van der Waals surface area (Å²) >= 11 is 0. The molecule has 2 heterocycles. The molecule has 0 spiro atoms. The lowest BCUT2D eigenvalue weighted by atomic mass is 10.1. The van der Waals surface area contributed by atoms with Gasteiger partial charge in [-0.15, -0.1) is 0 Å². The monoisotopic (exact) mass is 298 g/mol. The first-order chi connectivity index (χ1) is 10.7. The van der Waals surface area contributed by atoms with E-state index in [0.717, 1.165) is 11.3 Å². The van der Waals surface area contributed by atoms with Crippen LogP contribution in [0, 0.1) is 0 Å². The number of ether oxygens (including phenoxy) is 2. The average molecular weight is 298 g/mol. The molecule has 1 aromatic carbocycles. The van der Waals surface area contributed by atoms with Crippen molar-refractivity contribution in [1.82, 2.24) is 9.88 Å². The van der Waals surface area contributed by atoms with E-state index in [1.807, 2.05) is 42.5 Å². The lowest BCUT2D eigenvalue weighted by molar-refractivity contribution is -0.139. The summed E-state index contributed by atoms with van der Waals surface area (Å²) in [5, 5.41) is 0. The maximum atomic E-state index is 12.2. The molecular formula is C17H18N2O3. The third kappa shape index (κ3) is 3.36. The zero-order chi connectivity index (χ0) is 15.4. The summed E-state index contributed by atoms with van der Waals surface area (Å²) in [4.78, 5) is 18.1. The number of pyridine rings is 1. The summed E-state index contributed by atoms with van der Waals surface area (Å²) in [6.45, 7) is 1.23. The molecule has 0 bridgehead atoms. The molecule has 0 atom stereocenters. The number of carbonyl (C=O) groups excluding carboxylic acids is 1. The highest BCUT2D eigenvalue weighted by Crippen LogP contribution is 2.18. The zero-order valence-corrected chi connectivity index (χ0v) is 12.4. The number of aromatic nitrogens is 1. The molecule has 114 valence electrons. The largest absolute Gasteiger partial charge is 0.497 e. The third-order valence-electron chi connectivity index (χ3n) is 3.64. The van der Waals surface area contributed by atoms with Crippen LogP contribution < -0.4 is 9.47 Å². The normalized spacial score (nSPS) is 14.3. The average Bonchev–Trinajstić information content (AvgIpc) is 2.52. The lowest BCUT2D eigenvalue weighted by Crippen LogP contribution is -2.56. The number of nitrogens with zero attached hydrogens (tertiary/aromatic N) is 2. The molecule has 1 aromatic heterocycles. The molecule has 5 nitrogen and oxygen atoms in total. The van der Waals surface area contributed by atoms with E-state index < -0.39 is 0 Å². The highest BCUT2D eigenvalue weighted by molar-refractivity contribution is 5.79. The van der Waals surface area contributed by atoms with Crippen LogP contribution in [-0.4, -0.2) is 42.1 Å². The van der Waals surface area contributed by atoms with Crippen molar-refractivity contribution in [3.63, 3.8) is 0 Å². The van der Waals surface area contributed by atoms with E-state index in [9.17, 15) is 4.79 Å². The van der Waals surface area contributed by atoms with Crippen LogP contribution in [0.25, 0.3) is 0 Å². The van der Waals surface area contributed by atoms with E-state index in [4.69, 9.17) is 9.47 Å². The van der Waals surface area contributed by atoms with Crippen LogP contribution in [0.15, 0.2) is 48.7 Å². The Balaban J connectivity index is 1.46. The molecule has 2 aromatic rings. The molecule has 1 aliphatic rings. The van der Waals surface area contributed by atoms with Gasteiger partial charge in [-0.2, -0.15) is 0 Å². The Bertz CT molecular complexity index is 622. The van der Waals surface area contributed by atoms with Crippen molar-refractivity contribution in [1.29, 1.82) is 0 Å². The SMILES string of the molecule is COc1ccc(CC(=O)N2CC(Oc3ccccn3)C2)cc1. The van der Waals surface area contributed by atoms with E-state index in [1.54, 1.807) is 18.2 Å². The standard InChI is InChI=1S/C17H18N2O3/c1-21-14-7-5-13(6-8-14)10-17(20)19-11-15(12-19)22-16-4-2-3-9-18-16/h2-9,15H,10-12H2,1H3. The van der Waals surface area contributed by atoms with Crippen molar-refractivity contribution < 1.29 is 14.3 Å². The van der Waals surface area contributed by atoms with Crippen molar-refractivity contribution in [2.75, 3.05) is 20.2 Å². The smallest absolute Gasteiger partial charge is 0.227 e. The van der Waals surface area contributed by atoms with E-state index in [2.05, 4.69) is 4.98 Å². The second kappa shape index (κ2) is 6.47. The topological polar surface area (TPSA) is 51.7 Å². The second-order valence-electron chi connectivity index (χ2n) is 5.23. The summed E-state index contributed by atoms with van der Waals surface area (Å²) in [7, 11) is 1.63. The van der Waals surface area contributed by atoms with Crippen LogP contribution >= 0.6 is 0 Å². The van der Waals surface area contributed by atoms with E-state index in [-0.39, 0.29) is 12.0 Å². The van der Waals surface area contributed by atoms with Crippen LogP contribution in [0.1, 0.15) is 5.56 Å². The summed E-state index contributed by atoms with van der Waals surface area (Å²) in [5.74, 6) is 1.52. The molecule has 0 aliphatic carbocycles. The van der Waals surface area contributed by atoms with Crippen molar-refractivity contribution in [2.24, 2.45) is 0 Å². The minimum atomic E-state index is 0.0368. The van der Waals surface area contributed by atoms with Gasteiger partial charge in [0.1, 0.15) is 11.9 Å². The van der Waals surface area contributed by atoms with Crippen LogP contribution in [-0.2, 0) is 11.2 Å². The Labute approximate surface area is 129 Å². The molecule has 0 saturated carbocycles. The molecule has 3 rings (SSSR count). The summed E-state index contributed by atoms with van der Waals surface area (Å²) in [5.41, 5.74) is 0.986. The fourth-order valence-electron chi connectivity index (χ4n) is 2.33. The first-order valence-electron chi connectivity index (χ1n) is 7.23. The minimum Gasteiger partial charge on any atom is -0.497 e. The van der Waals surface area contributed by atoms with Crippen LogP contribution in [0.2, 0.25) is 0 Å². The van der Waals surface area contributed by atoms with Crippen LogP contribution in [0.5, 0.6) is 11.6 Å². The maximum absolute atomic E-state index is 12.2. The Kier molecular flexibility index (Phi) is 4.23. The van der Waals surface area contributed by atoms with E-state index in [0.29, 0.717) is 25.4 Å². The highest BCUT2D eigenvalue weighted by Gasteiger charge is 2.32. The zero-order valence-electron chi connectivity index (χ0n) is 12.4. The lowest BCUT2D eigenvalue weighted by Gasteiger charge is -2.38. The third-order valence-corrected chi connectivity index (χ3v) is 3.64. The van der Waals surface area contributed by atoms with Gasteiger partial charge in [-0.25, -0.2) is 4.98 Å². The molecule has 1 aliphatic heterocycles. The number of rotatable bonds is 5. The molecule has 5 heteroatoms. The molecule has 1 fully saturated rings. The molecule has 1 amide bonds. The molecular weight excluding hydrogens is 280 g/mol. The predicted octanol–water partition coefficient (Wildman–Crippen LogP) is 1.92. The second-order valence-corrected chi connectivity index (χ2v) is 5.23. The van der Waals surface area contributed by atoms with Crippen molar-refractivity contribution in [3.05, 3.63) is 54.2 Å². The van der Waals surface area contributed by atoms with Gasteiger partial charge in [0.15, 0.2) is 0 Å². The van der Waals surface area contributed by atoms with Crippen molar-refractivity contribution in [3.8, 4) is 11.6 Å². The van der Waals surface area contributed by atoms with Crippen LogP contribution in [0.3, 0.4) is 0 Å². The van der Waals surface area contributed by atoms with Gasteiger partial charge >= 0.3 is 0 Å². The molecule has 1 saturated heterocycles. The van der Waals surface area contributed by atoms with Gasteiger partial charge in [0.2, 0.25) is 11.8 Å². The fraction of sp³-hybridized carbons (Fsp3) is 0.294. The highest BCUT2D eigenvalue weighted by atomic mass is 16.5. The van der Waals surface area contributed by atoms with Gasteiger partial charge in [0, 0.05) is 12.3 Å². The van der Waals surface area contributed by atoms with Gasteiger partial charge in [0.05, 0.1) is 26.6 Å².